The zero-order chi connectivity index (χ0) is 21.2. The molecule has 0 heterocycles. The van der Waals surface area contributed by atoms with Crippen LogP contribution in [0.15, 0.2) is 42.5 Å². The summed E-state index contributed by atoms with van der Waals surface area (Å²) >= 11 is 0. The van der Waals surface area contributed by atoms with Crippen molar-refractivity contribution in [2.75, 3.05) is 40.9 Å². The first-order valence-electron chi connectivity index (χ1n) is 10.8. The maximum atomic E-state index is 13.9. The first-order valence-corrected chi connectivity index (χ1v) is 10.8. The number of hydrogen-bond acceptors (Lipinski definition) is 3. The Kier molecular flexibility index (Phi) is 9.79. The van der Waals surface area contributed by atoms with E-state index in [9.17, 15) is 4.39 Å². The topological polar surface area (TPSA) is 24.5 Å². The van der Waals surface area contributed by atoms with Crippen LogP contribution in [0.25, 0.3) is 0 Å². The van der Waals surface area contributed by atoms with Crippen LogP contribution in [-0.2, 0) is 17.6 Å². The lowest BCUT2D eigenvalue weighted by Gasteiger charge is -2.27. The minimum Gasteiger partial charge on any atom is -0.383 e. The number of nitrogens with zero attached hydrogens (tertiary/aromatic N) is 1. The van der Waals surface area contributed by atoms with E-state index in [-0.39, 0.29) is 5.82 Å². The number of fused-ring (bicyclic) bond motifs is 2. The summed E-state index contributed by atoms with van der Waals surface area (Å²) in [7, 11) is 5.95. The molecule has 0 bridgehead atoms. The van der Waals surface area contributed by atoms with E-state index in [2.05, 4.69) is 48.6 Å². The molecule has 1 aliphatic carbocycles. The van der Waals surface area contributed by atoms with Gasteiger partial charge in [0.15, 0.2) is 0 Å². The van der Waals surface area contributed by atoms with Gasteiger partial charge in [0.2, 0.25) is 0 Å². The number of hydrogen-bond donors (Lipinski definition) is 1. The monoisotopic (exact) mass is 400 g/mol. The minimum atomic E-state index is -0.137. The van der Waals surface area contributed by atoms with Crippen molar-refractivity contribution in [2.45, 2.75) is 45.1 Å². The third-order valence-corrected chi connectivity index (χ3v) is 5.40. The van der Waals surface area contributed by atoms with Crippen molar-refractivity contribution in [2.24, 2.45) is 0 Å². The molecule has 0 fully saturated rings. The Morgan fingerprint density at radius 3 is 2.59 bits per heavy atom. The molecule has 0 saturated carbocycles. The van der Waals surface area contributed by atoms with Crippen molar-refractivity contribution in [1.82, 2.24) is 10.2 Å². The van der Waals surface area contributed by atoms with Crippen molar-refractivity contribution in [3.8, 4) is 0 Å². The molecule has 4 heteroatoms. The molecule has 1 N–H and O–H groups in total. The molecule has 0 aliphatic heterocycles. The fourth-order valence-corrected chi connectivity index (χ4v) is 4.21. The van der Waals surface area contributed by atoms with E-state index in [0.29, 0.717) is 18.6 Å². The predicted molar refractivity (Wildman–Crippen MR) is 120 cm³/mol. The normalized spacial score (nSPS) is 16.3. The Morgan fingerprint density at radius 1 is 1.10 bits per heavy atom. The van der Waals surface area contributed by atoms with Crippen LogP contribution in [0.5, 0.6) is 0 Å². The summed E-state index contributed by atoms with van der Waals surface area (Å²) in [5, 5.41) is 3.65. The molecule has 0 unspecified atom stereocenters. The standard InChI is InChI=1S/C23H31FN2O.C2H6/c1-26(2)16-22(25-10-11-27-3)15-20-13-19-14-21(24)9-8-17(19)12-18-6-4-5-7-23(18)20;1-2/h4-9,14,20,22,25H,10-13,15-16H2,1-3H3;1-2H3/t20-,22-;/m1./s1. The highest BCUT2D eigenvalue weighted by atomic mass is 19.1. The second-order valence-electron chi connectivity index (χ2n) is 7.83. The van der Waals surface area contributed by atoms with E-state index in [1.165, 1.54) is 16.7 Å². The van der Waals surface area contributed by atoms with Crippen LogP contribution < -0.4 is 5.32 Å². The summed E-state index contributed by atoms with van der Waals surface area (Å²) in [5.74, 6) is 0.241. The number of methoxy groups -OCH3 is 1. The number of rotatable bonds is 8. The van der Waals surface area contributed by atoms with Crippen LogP contribution in [0.4, 0.5) is 4.39 Å². The highest BCUT2D eigenvalue weighted by Gasteiger charge is 2.25. The molecule has 1 aliphatic rings. The molecule has 0 aromatic heterocycles. The molecule has 0 saturated heterocycles. The minimum absolute atomic E-state index is 0.137. The van der Waals surface area contributed by atoms with Gasteiger partial charge in [-0.3, -0.25) is 0 Å². The lowest BCUT2D eigenvalue weighted by molar-refractivity contribution is 0.190. The smallest absolute Gasteiger partial charge is 0.123 e. The molecule has 29 heavy (non-hydrogen) atoms. The molecule has 3 nitrogen and oxygen atoms in total. The summed E-state index contributed by atoms with van der Waals surface area (Å²) in [4.78, 5) is 2.22. The van der Waals surface area contributed by atoms with Gasteiger partial charge >= 0.3 is 0 Å². The summed E-state index contributed by atoms with van der Waals surface area (Å²) in [6, 6.07) is 14.3. The second-order valence-corrected chi connectivity index (χ2v) is 7.83. The average Bonchev–Trinajstić information content (AvgIpc) is 2.85. The van der Waals surface area contributed by atoms with Crippen LogP contribution in [-0.4, -0.2) is 51.8 Å². The Balaban J connectivity index is 0.00000145. The highest BCUT2D eigenvalue weighted by molar-refractivity contribution is 5.42. The Bertz CT molecular complexity index is 747. The maximum Gasteiger partial charge on any atom is 0.123 e. The lowest BCUT2D eigenvalue weighted by atomic mass is 9.86. The summed E-state index contributed by atoms with van der Waals surface area (Å²) in [6.45, 7) is 6.52. The van der Waals surface area contributed by atoms with E-state index in [4.69, 9.17) is 4.74 Å². The van der Waals surface area contributed by atoms with Crippen LogP contribution in [0.2, 0.25) is 0 Å². The Hall–Kier alpha value is -1.75. The quantitative estimate of drug-likeness (QED) is 0.654. The fraction of sp³-hybridized carbons (Fsp3) is 0.520. The molecule has 0 amide bonds. The van der Waals surface area contributed by atoms with Gasteiger partial charge in [-0.2, -0.15) is 0 Å². The molecule has 3 rings (SSSR count). The second kappa shape index (κ2) is 12.1. The van der Waals surface area contributed by atoms with Gasteiger partial charge in [-0.25, -0.2) is 4.39 Å². The molecule has 0 spiro atoms. The van der Waals surface area contributed by atoms with Crippen molar-refractivity contribution in [3.05, 3.63) is 70.5 Å². The molecule has 160 valence electrons. The Morgan fingerprint density at radius 2 is 1.86 bits per heavy atom. The molecule has 2 aromatic rings. The van der Waals surface area contributed by atoms with Gasteiger partial charge in [-0.1, -0.05) is 44.2 Å². The lowest BCUT2D eigenvalue weighted by Crippen LogP contribution is -2.41. The van der Waals surface area contributed by atoms with Crippen molar-refractivity contribution in [1.29, 1.82) is 0 Å². The number of nitrogens with one attached hydrogen (secondary N) is 1. The number of ether oxygens (including phenoxy) is 1. The van der Waals surface area contributed by atoms with E-state index in [0.717, 1.165) is 37.9 Å². The zero-order valence-corrected chi connectivity index (χ0v) is 18.7. The number of likely N-dealkylation sites (N-methyl/N-ethyl adjacent to an activating group) is 1. The summed E-state index contributed by atoms with van der Waals surface area (Å²) < 4.78 is 19.1. The van der Waals surface area contributed by atoms with Gasteiger partial charge in [0.05, 0.1) is 6.61 Å². The third-order valence-electron chi connectivity index (χ3n) is 5.40. The van der Waals surface area contributed by atoms with Gasteiger partial charge < -0.3 is 15.0 Å². The van der Waals surface area contributed by atoms with Crippen molar-refractivity contribution < 1.29 is 9.13 Å². The fourth-order valence-electron chi connectivity index (χ4n) is 4.21. The molecular formula is C25H37FN2O. The summed E-state index contributed by atoms with van der Waals surface area (Å²) in [5.41, 5.74) is 5.18. The average molecular weight is 401 g/mol. The van der Waals surface area contributed by atoms with Crippen LogP contribution in [0, 0.1) is 5.82 Å². The van der Waals surface area contributed by atoms with E-state index in [1.807, 2.05) is 19.9 Å². The molecule has 0 radical (unpaired) electrons. The van der Waals surface area contributed by atoms with E-state index < -0.39 is 0 Å². The van der Waals surface area contributed by atoms with Gasteiger partial charge in [0.1, 0.15) is 5.82 Å². The van der Waals surface area contributed by atoms with E-state index >= 15 is 0 Å². The van der Waals surface area contributed by atoms with Crippen LogP contribution >= 0.6 is 0 Å². The van der Waals surface area contributed by atoms with Gasteiger partial charge in [-0.05, 0) is 73.7 Å². The molecular weight excluding hydrogens is 363 g/mol. The van der Waals surface area contributed by atoms with E-state index in [1.54, 1.807) is 19.2 Å². The van der Waals surface area contributed by atoms with Crippen LogP contribution in [0.3, 0.4) is 0 Å². The summed E-state index contributed by atoms with van der Waals surface area (Å²) in [6.07, 6.45) is 2.80. The van der Waals surface area contributed by atoms with Crippen molar-refractivity contribution in [3.63, 3.8) is 0 Å². The van der Waals surface area contributed by atoms with Gasteiger partial charge in [0, 0.05) is 26.2 Å². The third kappa shape index (κ3) is 6.91. The highest BCUT2D eigenvalue weighted by Crippen LogP contribution is 2.35. The molecule has 2 atom stereocenters. The Labute approximate surface area is 176 Å². The van der Waals surface area contributed by atoms with Crippen molar-refractivity contribution >= 4 is 0 Å². The predicted octanol–water partition coefficient (Wildman–Crippen LogP) is 4.64. The first-order chi connectivity index (χ1) is 14.1. The number of benzene rings is 2. The van der Waals surface area contributed by atoms with Gasteiger partial charge in [-0.15, -0.1) is 0 Å². The zero-order valence-electron chi connectivity index (χ0n) is 18.7. The van der Waals surface area contributed by atoms with Gasteiger partial charge in [0.25, 0.3) is 0 Å². The van der Waals surface area contributed by atoms with Crippen LogP contribution in [0.1, 0.15) is 48.4 Å². The molecule has 2 aromatic carbocycles. The maximum absolute atomic E-state index is 13.9. The SMILES string of the molecule is CC.COCCN[C@H](C[C@H]1Cc2cc(F)ccc2Cc2ccccc21)CN(C)C. The largest absolute Gasteiger partial charge is 0.383 e. The first kappa shape index (κ1) is 23.5. The number of halogens is 1.